The second-order valence-electron chi connectivity index (χ2n) is 5.06. The van der Waals surface area contributed by atoms with E-state index >= 15 is 0 Å². The number of carbonyl (C=O) groups excluding carboxylic acids is 1. The van der Waals surface area contributed by atoms with Crippen molar-refractivity contribution < 1.29 is 13.9 Å². The summed E-state index contributed by atoms with van der Waals surface area (Å²) in [6, 6.07) is 20.6. The Balaban J connectivity index is 1.59. The average molecular weight is 307 g/mol. The quantitative estimate of drug-likeness (QED) is 0.754. The van der Waals surface area contributed by atoms with Gasteiger partial charge < -0.3 is 14.5 Å². The van der Waals surface area contributed by atoms with E-state index in [0.29, 0.717) is 18.7 Å². The van der Waals surface area contributed by atoms with E-state index in [1.807, 2.05) is 54.6 Å². The van der Waals surface area contributed by atoms with Crippen LogP contribution in [-0.2, 0) is 13.2 Å². The third-order valence-electron chi connectivity index (χ3n) is 3.34. The van der Waals surface area contributed by atoms with Crippen molar-refractivity contribution >= 4 is 5.91 Å². The van der Waals surface area contributed by atoms with Gasteiger partial charge in [-0.3, -0.25) is 4.79 Å². The fourth-order valence-electron chi connectivity index (χ4n) is 2.17. The number of rotatable bonds is 6. The summed E-state index contributed by atoms with van der Waals surface area (Å²) in [7, 11) is 0. The molecule has 0 aliphatic heterocycles. The molecule has 0 unspecified atom stereocenters. The van der Waals surface area contributed by atoms with Crippen LogP contribution in [0.25, 0.3) is 0 Å². The van der Waals surface area contributed by atoms with Gasteiger partial charge >= 0.3 is 0 Å². The highest BCUT2D eigenvalue weighted by Gasteiger charge is 2.07. The lowest BCUT2D eigenvalue weighted by Crippen LogP contribution is -2.22. The van der Waals surface area contributed by atoms with Crippen molar-refractivity contribution in [3.63, 3.8) is 0 Å². The number of hydrogen-bond acceptors (Lipinski definition) is 3. The van der Waals surface area contributed by atoms with E-state index in [1.165, 1.54) is 0 Å². The lowest BCUT2D eigenvalue weighted by atomic mass is 10.1. The number of furan rings is 1. The highest BCUT2D eigenvalue weighted by molar-refractivity contribution is 5.94. The second-order valence-corrected chi connectivity index (χ2v) is 5.06. The van der Waals surface area contributed by atoms with Gasteiger partial charge in [0.05, 0.1) is 12.8 Å². The molecule has 4 heteroatoms. The Morgan fingerprint density at radius 1 is 1.00 bits per heavy atom. The Bertz CT molecular complexity index is 751. The van der Waals surface area contributed by atoms with Crippen molar-refractivity contribution in [1.29, 1.82) is 0 Å². The lowest BCUT2D eigenvalue weighted by molar-refractivity contribution is 0.0948. The van der Waals surface area contributed by atoms with E-state index in [1.54, 1.807) is 18.4 Å². The summed E-state index contributed by atoms with van der Waals surface area (Å²) >= 11 is 0. The zero-order valence-electron chi connectivity index (χ0n) is 12.6. The first-order valence-corrected chi connectivity index (χ1v) is 7.38. The van der Waals surface area contributed by atoms with Crippen molar-refractivity contribution in [2.75, 3.05) is 0 Å². The van der Waals surface area contributed by atoms with E-state index in [-0.39, 0.29) is 5.91 Å². The molecule has 23 heavy (non-hydrogen) atoms. The Hall–Kier alpha value is -3.01. The number of hydrogen-bond donors (Lipinski definition) is 1. The van der Waals surface area contributed by atoms with Gasteiger partial charge in [-0.1, -0.05) is 30.3 Å². The maximum absolute atomic E-state index is 12.2. The molecule has 0 radical (unpaired) electrons. The predicted molar refractivity (Wildman–Crippen MR) is 87.1 cm³/mol. The van der Waals surface area contributed by atoms with Crippen LogP contribution in [0, 0.1) is 0 Å². The van der Waals surface area contributed by atoms with Crippen LogP contribution in [0.3, 0.4) is 0 Å². The van der Waals surface area contributed by atoms with Crippen LogP contribution in [0.5, 0.6) is 5.75 Å². The van der Waals surface area contributed by atoms with Gasteiger partial charge in [-0.2, -0.15) is 0 Å². The molecule has 0 saturated heterocycles. The molecule has 0 aliphatic rings. The molecular formula is C19H17NO3. The van der Waals surface area contributed by atoms with Gasteiger partial charge in [0.2, 0.25) is 0 Å². The first-order chi connectivity index (χ1) is 11.3. The van der Waals surface area contributed by atoms with Crippen molar-refractivity contribution in [1.82, 2.24) is 5.32 Å². The maximum atomic E-state index is 12.2. The Morgan fingerprint density at radius 3 is 2.65 bits per heavy atom. The molecule has 3 rings (SSSR count). The molecule has 0 spiro atoms. The number of nitrogens with one attached hydrogen (secondary N) is 1. The molecule has 4 nitrogen and oxygen atoms in total. The van der Waals surface area contributed by atoms with E-state index in [0.717, 1.165) is 17.1 Å². The zero-order chi connectivity index (χ0) is 15.9. The number of carbonyl (C=O) groups is 1. The first kappa shape index (κ1) is 14.9. The SMILES string of the molecule is O=C(NCc1ccco1)c1cccc(COc2ccccc2)c1. The van der Waals surface area contributed by atoms with Gasteiger partial charge in [-0.15, -0.1) is 0 Å². The van der Waals surface area contributed by atoms with Gasteiger partial charge in [0.25, 0.3) is 5.91 Å². The molecule has 116 valence electrons. The number of para-hydroxylation sites is 1. The molecule has 1 heterocycles. The molecule has 1 amide bonds. The third-order valence-corrected chi connectivity index (χ3v) is 3.34. The van der Waals surface area contributed by atoms with E-state index in [4.69, 9.17) is 9.15 Å². The van der Waals surface area contributed by atoms with Gasteiger partial charge in [0.1, 0.15) is 18.1 Å². The highest BCUT2D eigenvalue weighted by Crippen LogP contribution is 2.13. The summed E-state index contributed by atoms with van der Waals surface area (Å²) in [5, 5.41) is 2.83. The van der Waals surface area contributed by atoms with E-state index < -0.39 is 0 Å². The van der Waals surface area contributed by atoms with Crippen LogP contribution in [0.4, 0.5) is 0 Å². The fraction of sp³-hybridized carbons (Fsp3) is 0.105. The standard InChI is InChI=1S/C19H17NO3/c21-19(20-13-18-10-5-11-22-18)16-7-4-6-15(12-16)14-23-17-8-2-1-3-9-17/h1-12H,13-14H2,(H,20,21). The summed E-state index contributed by atoms with van der Waals surface area (Å²) in [5.74, 6) is 1.39. The van der Waals surface area contributed by atoms with Crippen LogP contribution in [0.1, 0.15) is 21.7 Å². The summed E-state index contributed by atoms with van der Waals surface area (Å²) in [6.07, 6.45) is 1.59. The van der Waals surface area contributed by atoms with Crippen molar-refractivity contribution in [3.8, 4) is 5.75 Å². The van der Waals surface area contributed by atoms with Crippen LogP contribution in [0.2, 0.25) is 0 Å². The normalized spacial score (nSPS) is 10.3. The molecular weight excluding hydrogens is 290 g/mol. The van der Waals surface area contributed by atoms with Gasteiger partial charge in [0.15, 0.2) is 0 Å². The molecule has 3 aromatic rings. The number of ether oxygens (including phenoxy) is 1. The molecule has 2 aromatic carbocycles. The van der Waals surface area contributed by atoms with Crippen LogP contribution < -0.4 is 10.1 Å². The second kappa shape index (κ2) is 7.31. The molecule has 0 aliphatic carbocycles. The minimum Gasteiger partial charge on any atom is -0.489 e. The van der Waals surface area contributed by atoms with Crippen molar-refractivity contribution in [3.05, 3.63) is 89.9 Å². The molecule has 0 saturated carbocycles. The van der Waals surface area contributed by atoms with Crippen LogP contribution in [-0.4, -0.2) is 5.91 Å². The molecule has 0 atom stereocenters. The summed E-state index contributed by atoms with van der Waals surface area (Å²) in [4.78, 5) is 12.2. The van der Waals surface area contributed by atoms with E-state index in [2.05, 4.69) is 5.32 Å². The molecule has 0 bridgehead atoms. The van der Waals surface area contributed by atoms with Gasteiger partial charge in [-0.25, -0.2) is 0 Å². The first-order valence-electron chi connectivity index (χ1n) is 7.38. The smallest absolute Gasteiger partial charge is 0.251 e. The van der Waals surface area contributed by atoms with Gasteiger partial charge in [0, 0.05) is 5.56 Å². The molecule has 1 N–H and O–H groups in total. The summed E-state index contributed by atoms with van der Waals surface area (Å²) in [5.41, 5.74) is 1.55. The monoisotopic (exact) mass is 307 g/mol. The number of benzene rings is 2. The molecule has 0 fully saturated rings. The highest BCUT2D eigenvalue weighted by atomic mass is 16.5. The molecule has 1 aromatic heterocycles. The summed E-state index contributed by atoms with van der Waals surface area (Å²) in [6.45, 7) is 0.792. The predicted octanol–water partition coefficient (Wildman–Crippen LogP) is 3.79. The minimum absolute atomic E-state index is 0.136. The van der Waals surface area contributed by atoms with Gasteiger partial charge in [-0.05, 0) is 42.0 Å². The maximum Gasteiger partial charge on any atom is 0.251 e. The fourth-order valence-corrected chi connectivity index (χ4v) is 2.17. The third kappa shape index (κ3) is 4.23. The minimum atomic E-state index is -0.136. The summed E-state index contributed by atoms with van der Waals surface area (Å²) < 4.78 is 10.9. The van der Waals surface area contributed by atoms with E-state index in [9.17, 15) is 4.79 Å². The van der Waals surface area contributed by atoms with Crippen LogP contribution >= 0.6 is 0 Å². The Kier molecular flexibility index (Phi) is 4.74. The topological polar surface area (TPSA) is 51.5 Å². The van der Waals surface area contributed by atoms with Crippen molar-refractivity contribution in [2.45, 2.75) is 13.2 Å². The lowest BCUT2D eigenvalue weighted by Gasteiger charge is -2.08. The number of amides is 1. The van der Waals surface area contributed by atoms with Crippen LogP contribution in [0.15, 0.2) is 77.4 Å². The Morgan fingerprint density at radius 2 is 1.87 bits per heavy atom. The van der Waals surface area contributed by atoms with Crippen molar-refractivity contribution in [2.24, 2.45) is 0 Å². The zero-order valence-corrected chi connectivity index (χ0v) is 12.6. The Labute approximate surface area is 134 Å². The largest absolute Gasteiger partial charge is 0.489 e. The average Bonchev–Trinajstić information content (AvgIpc) is 3.12.